The molecule has 3 saturated heterocycles. The van der Waals surface area contributed by atoms with E-state index in [4.69, 9.17) is 9.84 Å². The Morgan fingerprint density at radius 3 is 2.23 bits per heavy atom. The Hall–Kier alpha value is -6.90. The number of carboxylic acids is 2. The number of aromatic carboxylic acids is 1. The SMILES string of the molecule is O=C(O)COc1c(C(=O)O)sc(-c2cccc(NC3CC4(CCC4)N(S(=O)(=O)Cc4cccc(NC(=O)N5CCC(c6ccc7c8c(cccc68)C(=O)N7C6CCC(=O)NC6=O)CC5)c4)C4(CCC4)C3)c2)c1F. The van der Waals surface area contributed by atoms with Gasteiger partial charge in [0.25, 0.3) is 5.91 Å². The molecule has 1 aromatic heterocycles. The second kappa shape index (κ2) is 18.5. The maximum Gasteiger partial charge on any atom is 0.349 e. The molecular formula is C53H53FN6O11S2. The van der Waals surface area contributed by atoms with Gasteiger partial charge in [0.15, 0.2) is 23.1 Å². The molecule has 5 heterocycles. The number of amides is 5. The summed E-state index contributed by atoms with van der Waals surface area (Å²) in [5, 5.41) is 29.5. The van der Waals surface area contributed by atoms with Crippen LogP contribution in [0.3, 0.4) is 0 Å². The summed E-state index contributed by atoms with van der Waals surface area (Å²) < 4.78 is 52.3. The van der Waals surface area contributed by atoms with Gasteiger partial charge in [-0.2, -0.15) is 4.31 Å². The molecule has 5 N–H and O–H groups in total. The van der Waals surface area contributed by atoms with Gasteiger partial charge in [-0.25, -0.2) is 27.2 Å². The smallest absolute Gasteiger partial charge is 0.349 e. The summed E-state index contributed by atoms with van der Waals surface area (Å²) in [7, 11) is -3.87. The third-order valence-electron chi connectivity index (χ3n) is 15.8. The van der Waals surface area contributed by atoms with Gasteiger partial charge in [-0.3, -0.25) is 24.6 Å². The highest BCUT2D eigenvalue weighted by atomic mass is 32.2. The molecule has 11 rings (SSSR count). The molecule has 4 aliphatic heterocycles. The van der Waals surface area contributed by atoms with Gasteiger partial charge in [0.05, 0.1) is 16.3 Å². The van der Waals surface area contributed by atoms with Crippen molar-refractivity contribution in [3.05, 3.63) is 106 Å². The number of urea groups is 1. The van der Waals surface area contributed by atoms with Gasteiger partial charge in [0.2, 0.25) is 21.8 Å². The number of hydrogen-bond donors (Lipinski definition) is 5. The number of nitrogens with zero attached hydrogens (tertiary/aromatic N) is 3. The van der Waals surface area contributed by atoms with Crippen molar-refractivity contribution in [1.29, 1.82) is 0 Å². The fourth-order valence-electron chi connectivity index (χ4n) is 12.5. The molecule has 2 spiro atoms. The summed E-state index contributed by atoms with van der Waals surface area (Å²) >= 11 is 0.659. The standard InChI is InChI=1S/C53H53FN6O11S2/c54-44-45(71-28-42(62)63)47(50(66)67)72-46(44)32-7-2-9-34(25-32)55-35-26-52(18-4-19-52)60(53(27-35)20-5-21-53)73(69,70)29-30-6-1-8-33(24-30)56-51(68)58-22-16-31(17-23-58)36-12-13-39-43-37(36)10-3-11-38(43)49(65)59(39)40-14-15-41(61)57-48(40)64/h1-3,6-13,24-25,31,35,40,55H,4-5,14-23,26-29H2,(H,56,68)(H,62,63)(H,66,67)(H,57,61,64). The lowest BCUT2D eigenvalue weighted by Crippen LogP contribution is -2.73. The lowest BCUT2D eigenvalue weighted by Gasteiger charge is -2.65. The highest BCUT2D eigenvalue weighted by molar-refractivity contribution is 7.88. The summed E-state index contributed by atoms with van der Waals surface area (Å²) in [5.74, 6) is -5.61. The zero-order valence-corrected chi connectivity index (χ0v) is 41.3. The van der Waals surface area contributed by atoms with Crippen molar-refractivity contribution in [2.75, 3.05) is 35.2 Å². The molecule has 4 aromatic carbocycles. The first kappa shape index (κ1) is 48.4. The van der Waals surface area contributed by atoms with E-state index in [-0.39, 0.29) is 53.3 Å². The van der Waals surface area contributed by atoms with E-state index in [9.17, 15) is 42.3 Å². The van der Waals surface area contributed by atoms with Crippen LogP contribution in [0.5, 0.6) is 5.75 Å². The van der Waals surface area contributed by atoms with Gasteiger partial charge < -0.3 is 30.5 Å². The van der Waals surface area contributed by atoms with Crippen LogP contribution in [0.2, 0.25) is 0 Å². The Balaban J connectivity index is 0.745. The minimum Gasteiger partial charge on any atom is -0.479 e. The van der Waals surface area contributed by atoms with Crippen molar-refractivity contribution in [2.24, 2.45) is 0 Å². The zero-order chi connectivity index (χ0) is 51.0. The number of thiophene rings is 1. The molecule has 0 bridgehead atoms. The van der Waals surface area contributed by atoms with E-state index in [0.29, 0.717) is 110 Å². The van der Waals surface area contributed by atoms with Crippen LogP contribution in [0.1, 0.15) is 114 Å². The van der Waals surface area contributed by atoms with Crippen molar-refractivity contribution in [3.8, 4) is 16.2 Å². The highest BCUT2D eigenvalue weighted by Crippen LogP contribution is 2.58. The van der Waals surface area contributed by atoms with Crippen molar-refractivity contribution in [2.45, 2.75) is 112 Å². The number of aliphatic carboxylic acids is 1. The third-order valence-corrected chi connectivity index (χ3v) is 19.0. The Labute approximate surface area is 423 Å². The Kier molecular flexibility index (Phi) is 12.3. The Bertz CT molecular complexity index is 3230. The second-order valence-corrected chi connectivity index (χ2v) is 23.2. The normalized spacial score (nSPS) is 21.5. The highest BCUT2D eigenvalue weighted by Gasteiger charge is 2.63. The number of rotatable bonds is 13. The third kappa shape index (κ3) is 8.65. The molecular weight excluding hydrogens is 980 g/mol. The van der Waals surface area contributed by atoms with Gasteiger partial charge in [-0.1, -0.05) is 42.5 Å². The molecule has 20 heteroatoms. The van der Waals surface area contributed by atoms with E-state index >= 15 is 4.39 Å². The summed E-state index contributed by atoms with van der Waals surface area (Å²) in [5.41, 5.74) is 3.14. The first-order chi connectivity index (χ1) is 35.0. The zero-order valence-electron chi connectivity index (χ0n) is 39.7. The lowest BCUT2D eigenvalue weighted by molar-refractivity contribution is -0.139. The number of ether oxygens (including phenoxy) is 1. The van der Waals surface area contributed by atoms with Crippen LogP contribution in [0, 0.1) is 5.82 Å². The second-order valence-electron chi connectivity index (χ2n) is 20.3. The number of halogens is 1. The van der Waals surface area contributed by atoms with Crippen LogP contribution in [0.25, 0.3) is 21.2 Å². The van der Waals surface area contributed by atoms with Crippen molar-refractivity contribution < 1.29 is 56.5 Å². The van der Waals surface area contributed by atoms with E-state index in [1.54, 1.807) is 53.4 Å². The van der Waals surface area contributed by atoms with Crippen molar-refractivity contribution in [1.82, 2.24) is 14.5 Å². The van der Waals surface area contributed by atoms with E-state index < -0.39 is 68.0 Å². The quantitative estimate of drug-likeness (QED) is 0.0701. The predicted octanol–water partition coefficient (Wildman–Crippen LogP) is 8.30. The number of sulfonamides is 1. The molecule has 2 aliphatic carbocycles. The molecule has 1 atom stereocenters. The first-order valence-corrected chi connectivity index (χ1v) is 27.1. The van der Waals surface area contributed by atoms with E-state index in [1.807, 2.05) is 34.6 Å². The maximum atomic E-state index is 15.6. The number of carboxylic acid groups (broad SMARTS) is 2. The predicted molar refractivity (Wildman–Crippen MR) is 270 cm³/mol. The number of likely N-dealkylation sites (tertiary alicyclic amines) is 1. The fraction of sp³-hybridized carbons (Fsp3) is 0.396. The molecule has 17 nitrogen and oxygen atoms in total. The molecule has 0 radical (unpaired) electrons. The Morgan fingerprint density at radius 2 is 1.56 bits per heavy atom. The summed E-state index contributed by atoms with van der Waals surface area (Å²) in [6, 6.07) is 22.2. The number of nitrogens with one attached hydrogen (secondary N) is 3. The minimum absolute atomic E-state index is 0.00688. The van der Waals surface area contributed by atoms with Gasteiger partial charge in [-0.05, 0) is 135 Å². The van der Waals surface area contributed by atoms with Crippen LogP contribution in [0.15, 0.2) is 78.9 Å². The number of carbonyl (C=O) groups excluding carboxylic acids is 4. The number of benzene rings is 4. The molecule has 73 heavy (non-hydrogen) atoms. The Morgan fingerprint density at radius 1 is 0.863 bits per heavy atom. The van der Waals surface area contributed by atoms with Crippen LogP contribution in [-0.2, 0) is 30.2 Å². The number of imide groups is 1. The topological polar surface area (TPSA) is 232 Å². The maximum absolute atomic E-state index is 15.6. The van der Waals surface area contributed by atoms with E-state index in [0.717, 1.165) is 29.2 Å². The number of hydrogen-bond acceptors (Lipinski definition) is 11. The van der Waals surface area contributed by atoms with Crippen molar-refractivity contribution in [3.63, 3.8) is 0 Å². The molecule has 5 aromatic rings. The van der Waals surface area contributed by atoms with Gasteiger partial charge in [-0.15, -0.1) is 11.3 Å². The van der Waals surface area contributed by atoms with Crippen LogP contribution >= 0.6 is 11.3 Å². The average molecular weight is 1030 g/mol. The van der Waals surface area contributed by atoms with E-state index in [1.165, 1.54) is 4.90 Å². The largest absolute Gasteiger partial charge is 0.479 e. The van der Waals surface area contributed by atoms with Crippen molar-refractivity contribution >= 4 is 84.9 Å². The van der Waals surface area contributed by atoms with Crippen LogP contribution in [0.4, 0.5) is 26.2 Å². The fourth-order valence-corrected chi connectivity index (χ4v) is 15.9. The molecule has 5 fully saturated rings. The van der Waals surface area contributed by atoms with Gasteiger partial charge >= 0.3 is 18.0 Å². The number of carbonyl (C=O) groups is 6. The summed E-state index contributed by atoms with van der Waals surface area (Å²) in [6.45, 7) is 0.0484. The number of piperidine rings is 3. The molecule has 380 valence electrons. The molecule has 6 aliphatic rings. The summed E-state index contributed by atoms with van der Waals surface area (Å²) in [4.78, 5) is 78.1. The molecule has 2 saturated carbocycles. The van der Waals surface area contributed by atoms with Crippen LogP contribution in [-0.4, -0.2) is 106 Å². The van der Waals surface area contributed by atoms with Gasteiger partial charge in [0, 0.05) is 59.0 Å². The van der Waals surface area contributed by atoms with Gasteiger partial charge in [0.1, 0.15) is 6.04 Å². The van der Waals surface area contributed by atoms with Crippen LogP contribution < -0.4 is 25.6 Å². The van der Waals surface area contributed by atoms with E-state index in [2.05, 4.69) is 16.0 Å². The lowest BCUT2D eigenvalue weighted by atomic mass is 9.61. The number of anilines is 3. The average Bonchev–Trinajstić information content (AvgIpc) is 3.83. The summed E-state index contributed by atoms with van der Waals surface area (Å²) in [6.07, 6.45) is 7.48. The molecule has 1 unspecified atom stereocenters. The minimum atomic E-state index is -3.87. The first-order valence-electron chi connectivity index (χ1n) is 24.7. The molecule has 5 amide bonds. The monoisotopic (exact) mass is 1030 g/mol.